The average Bonchev–Trinajstić information content (AvgIpc) is 2.51. The molecule has 0 fully saturated rings. The van der Waals surface area contributed by atoms with E-state index in [0.29, 0.717) is 12.2 Å². The lowest BCUT2D eigenvalue weighted by Crippen LogP contribution is -2.31. The van der Waals surface area contributed by atoms with Crippen LogP contribution in [0.15, 0.2) is 47.4 Å². The van der Waals surface area contributed by atoms with Gasteiger partial charge in [0.2, 0.25) is 0 Å². The molecule has 0 unspecified atom stereocenters. The Bertz CT molecular complexity index is 678. The van der Waals surface area contributed by atoms with Gasteiger partial charge in [-0.15, -0.1) is 0 Å². The second-order valence-corrected chi connectivity index (χ2v) is 5.57. The van der Waals surface area contributed by atoms with Crippen LogP contribution in [0.25, 0.3) is 0 Å². The molecule has 3 rings (SSSR count). The van der Waals surface area contributed by atoms with Gasteiger partial charge in [-0.3, -0.25) is 4.79 Å². The smallest absolute Gasteiger partial charge is 0.250 e. The fourth-order valence-corrected chi connectivity index (χ4v) is 3.00. The van der Waals surface area contributed by atoms with Crippen molar-refractivity contribution in [2.24, 2.45) is 0 Å². The van der Waals surface area contributed by atoms with E-state index in [1.807, 2.05) is 0 Å². The van der Waals surface area contributed by atoms with E-state index in [1.54, 1.807) is 16.8 Å². The minimum Gasteiger partial charge on any atom is -0.398 e. The van der Waals surface area contributed by atoms with Crippen LogP contribution < -0.4 is 16.2 Å². The number of anilines is 2. The van der Waals surface area contributed by atoms with Gasteiger partial charge < -0.3 is 15.2 Å². The molecule has 2 N–H and O–H groups in total. The van der Waals surface area contributed by atoms with Gasteiger partial charge >= 0.3 is 0 Å². The predicted molar refractivity (Wildman–Crippen MR) is 86.7 cm³/mol. The summed E-state index contributed by atoms with van der Waals surface area (Å²) >= 11 is 0. The van der Waals surface area contributed by atoms with Crippen molar-refractivity contribution in [1.82, 2.24) is 4.57 Å². The van der Waals surface area contributed by atoms with Crippen molar-refractivity contribution in [1.29, 1.82) is 0 Å². The number of fused-ring (bicyclic) bond motifs is 1. The zero-order valence-electron chi connectivity index (χ0n) is 12.2. The lowest BCUT2D eigenvalue weighted by Gasteiger charge is -2.31. The number of hydrogen-bond donors (Lipinski definition) is 1. The lowest BCUT2D eigenvalue weighted by atomic mass is 10.0. The van der Waals surface area contributed by atoms with E-state index in [9.17, 15) is 4.79 Å². The third-order valence-corrected chi connectivity index (χ3v) is 4.04. The molecular formula is C17H21N3O. The first-order chi connectivity index (χ1) is 10.2. The van der Waals surface area contributed by atoms with Crippen LogP contribution in [-0.4, -0.2) is 17.7 Å². The zero-order valence-corrected chi connectivity index (χ0v) is 12.2. The van der Waals surface area contributed by atoms with Crippen LogP contribution in [0.1, 0.15) is 18.4 Å². The first-order valence-corrected chi connectivity index (χ1v) is 7.53. The SMILES string of the molecule is Nc1ccc(=O)n(CCCN2CCCc3ccccc32)c1. The molecule has 0 saturated heterocycles. The Morgan fingerprint density at radius 2 is 1.95 bits per heavy atom. The summed E-state index contributed by atoms with van der Waals surface area (Å²) in [4.78, 5) is 14.2. The van der Waals surface area contributed by atoms with Crippen molar-refractivity contribution in [3.63, 3.8) is 0 Å². The summed E-state index contributed by atoms with van der Waals surface area (Å²) in [6, 6.07) is 11.8. The van der Waals surface area contributed by atoms with Gasteiger partial charge in [-0.2, -0.15) is 0 Å². The van der Waals surface area contributed by atoms with Crippen molar-refractivity contribution >= 4 is 11.4 Å². The molecule has 0 bridgehead atoms. The van der Waals surface area contributed by atoms with E-state index in [0.717, 1.165) is 19.5 Å². The first-order valence-electron chi connectivity index (χ1n) is 7.53. The van der Waals surface area contributed by atoms with Crippen LogP contribution in [0.5, 0.6) is 0 Å². The molecule has 2 aromatic rings. The summed E-state index contributed by atoms with van der Waals surface area (Å²) in [5.74, 6) is 0. The number of hydrogen-bond acceptors (Lipinski definition) is 3. The number of para-hydroxylation sites is 1. The van der Waals surface area contributed by atoms with Crippen molar-refractivity contribution in [3.05, 3.63) is 58.5 Å². The van der Waals surface area contributed by atoms with Gasteiger partial charge in [0.15, 0.2) is 0 Å². The number of aromatic nitrogens is 1. The highest BCUT2D eigenvalue weighted by Crippen LogP contribution is 2.26. The van der Waals surface area contributed by atoms with Gasteiger partial charge in [0.25, 0.3) is 5.56 Å². The predicted octanol–water partition coefficient (Wildman–Crippen LogP) is 2.27. The number of nitrogen functional groups attached to an aromatic ring is 1. The van der Waals surface area contributed by atoms with Gasteiger partial charge in [0.1, 0.15) is 0 Å². The molecular weight excluding hydrogens is 262 g/mol. The summed E-state index contributed by atoms with van der Waals surface area (Å²) in [5.41, 5.74) is 9.17. The Morgan fingerprint density at radius 1 is 1.10 bits per heavy atom. The van der Waals surface area contributed by atoms with Gasteiger partial charge in [-0.05, 0) is 37.0 Å². The number of benzene rings is 1. The molecule has 2 heterocycles. The molecule has 1 aromatic carbocycles. The Morgan fingerprint density at radius 3 is 2.86 bits per heavy atom. The normalized spacial score (nSPS) is 14.0. The molecule has 4 nitrogen and oxygen atoms in total. The summed E-state index contributed by atoms with van der Waals surface area (Å²) in [5, 5.41) is 0. The lowest BCUT2D eigenvalue weighted by molar-refractivity contribution is 0.591. The number of aryl methyl sites for hydroxylation is 2. The molecule has 21 heavy (non-hydrogen) atoms. The third-order valence-electron chi connectivity index (χ3n) is 4.04. The van der Waals surface area contributed by atoms with Crippen LogP contribution >= 0.6 is 0 Å². The summed E-state index contributed by atoms with van der Waals surface area (Å²) in [6.45, 7) is 2.78. The fourth-order valence-electron chi connectivity index (χ4n) is 3.00. The molecule has 0 saturated carbocycles. The highest BCUT2D eigenvalue weighted by molar-refractivity contribution is 5.55. The maximum atomic E-state index is 11.7. The minimum atomic E-state index is 0.0169. The van der Waals surface area contributed by atoms with E-state index < -0.39 is 0 Å². The van der Waals surface area contributed by atoms with Crippen molar-refractivity contribution < 1.29 is 0 Å². The quantitative estimate of drug-likeness (QED) is 0.936. The van der Waals surface area contributed by atoms with E-state index in [1.165, 1.54) is 30.2 Å². The number of nitrogens with zero attached hydrogens (tertiary/aromatic N) is 2. The van der Waals surface area contributed by atoms with Gasteiger partial charge in [-0.25, -0.2) is 0 Å². The van der Waals surface area contributed by atoms with E-state index in [2.05, 4.69) is 29.2 Å². The first kappa shape index (κ1) is 13.7. The second kappa shape index (κ2) is 6.04. The minimum absolute atomic E-state index is 0.0169. The molecule has 110 valence electrons. The Balaban J connectivity index is 1.64. The molecule has 1 aliphatic rings. The molecule has 0 spiro atoms. The molecule has 0 aliphatic carbocycles. The number of nitrogens with two attached hydrogens (primary N) is 1. The van der Waals surface area contributed by atoms with Crippen LogP contribution in [0.4, 0.5) is 11.4 Å². The molecule has 0 radical (unpaired) electrons. The maximum absolute atomic E-state index is 11.7. The van der Waals surface area contributed by atoms with Gasteiger partial charge in [0, 0.05) is 43.3 Å². The van der Waals surface area contributed by atoms with E-state index in [-0.39, 0.29) is 5.56 Å². The molecule has 1 aromatic heterocycles. The fraction of sp³-hybridized carbons (Fsp3) is 0.353. The van der Waals surface area contributed by atoms with Gasteiger partial charge in [0.05, 0.1) is 0 Å². The second-order valence-electron chi connectivity index (χ2n) is 5.57. The Labute approximate surface area is 124 Å². The maximum Gasteiger partial charge on any atom is 0.250 e. The average molecular weight is 283 g/mol. The largest absolute Gasteiger partial charge is 0.398 e. The van der Waals surface area contributed by atoms with Crippen molar-refractivity contribution in [2.75, 3.05) is 23.7 Å². The van der Waals surface area contributed by atoms with Crippen molar-refractivity contribution in [3.8, 4) is 0 Å². The summed E-state index contributed by atoms with van der Waals surface area (Å²) in [7, 11) is 0. The molecule has 4 heteroatoms. The van der Waals surface area contributed by atoms with Crippen molar-refractivity contribution in [2.45, 2.75) is 25.8 Å². The molecule has 0 atom stereocenters. The topological polar surface area (TPSA) is 51.3 Å². The Hall–Kier alpha value is -2.23. The molecule has 0 amide bonds. The summed E-state index contributed by atoms with van der Waals surface area (Å²) in [6.07, 6.45) is 5.04. The van der Waals surface area contributed by atoms with Crippen LogP contribution in [0, 0.1) is 0 Å². The highest BCUT2D eigenvalue weighted by atomic mass is 16.1. The zero-order chi connectivity index (χ0) is 14.7. The van der Waals surface area contributed by atoms with E-state index >= 15 is 0 Å². The van der Waals surface area contributed by atoms with E-state index in [4.69, 9.17) is 5.73 Å². The monoisotopic (exact) mass is 283 g/mol. The van der Waals surface area contributed by atoms with Crippen LogP contribution in [0.2, 0.25) is 0 Å². The highest BCUT2D eigenvalue weighted by Gasteiger charge is 2.15. The molecule has 1 aliphatic heterocycles. The van der Waals surface area contributed by atoms with Crippen LogP contribution in [-0.2, 0) is 13.0 Å². The standard InChI is InChI=1S/C17H21N3O/c18-15-8-9-17(21)20(13-15)12-4-11-19-10-3-6-14-5-1-2-7-16(14)19/h1-2,5,7-9,13H,3-4,6,10-12,18H2. The van der Waals surface area contributed by atoms with Gasteiger partial charge in [-0.1, -0.05) is 18.2 Å². The van der Waals surface area contributed by atoms with Crippen LogP contribution in [0.3, 0.4) is 0 Å². The Kier molecular flexibility index (Phi) is 3.95. The third kappa shape index (κ3) is 3.10. The summed E-state index contributed by atoms with van der Waals surface area (Å²) < 4.78 is 1.70. The number of rotatable bonds is 4. The number of pyridine rings is 1.